The smallest absolute Gasteiger partial charge is 0.255 e. The summed E-state index contributed by atoms with van der Waals surface area (Å²) < 4.78 is 0.447. The average molecular weight is 373 g/mol. The van der Waals surface area contributed by atoms with Gasteiger partial charge in [0.05, 0.1) is 4.58 Å². The molecule has 25 heavy (non-hydrogen) atoms. The molecule has 130 valence electrons. The summed E-state index contributed by atoms with van der Waals surface area (Å²) in [5, 5.41) is 5.64. The third kappa shape index (κ3) is 5.03. The molecule has 3 rings (SSSR count). The first-order valence-corrected chi connectivity index (χ1v) is 10.2. The highest BCUT2D eigenvalue weighted by Gasteiger charge is 2.17. The molecule has 0 radical (unpaired) electrons. The maximum atomic E-state index is 12.4. The number of hydrogen-bond acceptors (Lipinski definition) is 4. The van der Waals surface area contributed by atoms with Crippen LogP contribution in [0.4, 0.5) is 11.4 Å². The van der Waals surface area contributed by atoms with Crippen LogP contribution in [0.1, 0.15) is 33.8 Å². The summed E-state index contributed by atoms with van der Waals surface area (Å²) in [6.07, 6.45) is 1.26. The second-order valence-corrected chi connectivity index (χ2v) is 8.49. The van der Waals surface area contributed by atoms with Crippen LogP contribution >= 0.6 is 23.5 Å². The quantitative estimate of drug-likeness (QED) is 0.812. The van der Waals surface area contributed by atoms with Crippen LogP contribution < -0.4 is 10.6 Å². The Balaban J connectivity index is 1.67. The number of carbonyl (C=O) groups excluding carboxylic acids is 2. The normalized spacial score (nSPS) is 14.8. The Morgan fingerprint density at radius 3 is 2.36 bits per heavy atom. The molecule has 0 atom stereocenters. The van der Waals surface area contributed by atoms with E-state index in [9.17, 15) is 9.59 Å². The summed E-state index contributed by atoms with van der Waals surface area (Å²) in [4.78, 5) is 23.5. The first-order valence-electron chi connectivity index (χ1n) is 8.14. The first-order chi connectivity index (χ1) is 12.1. The van der Waals surface area contributed by atoms with E-state index >= 15 is 0 Å². The van der Waals surface area contributed by atoms with E-state index in [-0.39, 0.29) is 11.8 Å². The lowest BCUT2D eigenvalue weighted by molar-refractivity contribution is -0.114. The molecule has 1 heterocycles. The van der Waals surface area contributed by atoms with Crippen LogP contribution in [0.3, 0.4) is 0 Å². The SMILES string of the molecule is CC(=O)Nc1ccc(C(=O)Nc2cccc(C3SCCCS3)c2)cc1. The van der Waals surface area contributed by atoms with Crippen LogP contribution in [0.25, 0.3) is 0 Å². The van der Waals surface area contributed by atoms with E-state index in [4.69, 9.17) is 0 Å². The Morgan fingerprint density at radius 1 is 0.960 bits per heavy atom. The van der Waals surface area contributed by atoms with Crippen molar-refractivity contribution in [3.63, 3.8) is 0 Å². The third-order valence-corrected chi connectivity index (χ3v) is 6.73. The highest BCUT2D eigenvalue weighted by atomic mass is 32.2. The van der Waals surface area contributed by atoms with Crippen molar-refractivity contribution < 1.29 is 9.59 Å². The number of anilines is 2. The molecule has 0 bridgehead atoms. The maximum Gasteiger partial charge on any atom is 0.255 e. The van der Waals surface area contributed by atoms with Gasteiger partial charge in [-0.25, -0.2) is 0 Å². The predicted octanol–water partition coefficient (Wildman–Crippen LogP) is 4.77. The van der Waals surface area contributed by atoms with Crippen LogP contribution in [0.5, 0.6) is 0 Å². The molecule has 2 amide bonds. The number of thioether (sulfide) groups is 2. The fraction of sp³-hybridized carbons (Fsp3) is 0.263. The number of carbonyl (C=O) groups is 2. The summed E-state index contributed by atoms with van der Waals surface area (Å²) in [5.41, 5.74) is 3.28. The van der Waals surface area contributed by atoms with Gasteiger partial charge in [-0.05, 0) is 59.9 Å². The summed E-state index contributed by atoms with van der Waals surface area (Å²) in [7, 11) is 0. The zero-order valence-electron chi connectivity index (χ0n) is 14.0. The largest absolute Gasteiger partial charge is 0.326 e. The van der Waals surface area contributed by atoms with E-state index in [1.165, 1.54) is 30.4 Å². The summed E-state index contributed by atoms with van der Waals surface area (Å²) >= 11 is 3.92. The Labute approximate surface area is 156 Å². The molecule has 4 nitrogen and oxygen atoms in total. The lowest BCUT2D eigenvalue weighted by Crippen LogP contribution is -2.12. The molecule has 0 aromatic heterocycles. The van der Waals surface area contributed by atoms with Gasteiger partial charge in [0, 0.05) is 23.9 Å². The molecule has 6 heteroatoms. The Bertz CT molecular complexity index is 756. The Morgan fingerprint density at radius 2 is 1.68 bits per heavy atom. The molecule has 2 aromatic rings. The minimum Gasteiger partial charge on any atom is -0.326 e. The monoisotopic (exact) mass is 372 g/mol. The van der Waals surface area contributed by atoms with Gasteiger partial charge in [0.1, 0.15) is 0 Å². The number of benzene rings is 2. The van der Waals surface area contributed by atoms with Crippen LogP contribution in [-0.4, -0.2) is 23.3 Å². The Kier molecular flexibility index (Phi) is 6.04. The van der Waals surface area contributed by atoms with Gasteiger partial charge in [0.25, 0.3) is 5.91 Å². The molecule has 0 aliphatic carbocycles. The lowest BCUT2D eigenvalue weighted by Gasteiger charge is -2.21. The van der Waals surface area contributed by atoms with E-state index in [0.29, 0.717) is 15.8 Å². The fourth-order valence-corrected chi connectivity index (χ4v) is 5.43. The number of rotatable bonds is 4. The molecular formula is C19H20N2O2S2. The van der Waals surface area contributed by atoms with E-state index < -0.39 is 0 Å². The van der Waals surface area contributed by atoms with Crippen LogP contribution in [0.2, 0.25) is 0 Å². The summed E-state index contributed by atoms with van der Waals surface area (Å²) in [6.45, 7) is 1.45. The predicted molar refractivity (Wildman–Crippen MR) is 107 cm³/mol. The third-order valence-electron chi connectivity index (χ3n) is 3.71. The van der Waals surface area contributed by atoms with Crippen LogP contribution in [-0.2, 0) is 4.79 Å². The molecule has 2 aromatic carbocycles. The molecule has 1 saturated heterocycles. The lowest BCUT2D eigenvalue weighted by atomic mass is 10.1. The van der Waals surface area contributed by atoms with E-state index in [2.05, 4.69) is 22.8 Å². The van der Waals surface area contributed by atoms with Gasteiger partial charge in [0.2, 0.25) is 5.91 Å². The van der Waals surface area contributed by atoms with E-state index in [1.54, 1.807) is 24.3 Å². The van der Waals surface area contributed by atoms with Crippen molar-refractivity contribution in [1.82, 2.24) is 0 Å². The van der Waals surface area contributed by atoms with Gasteiger partial charge >= 0.3 is 0 Å². The van der Waals surface area contributed by atoms with Crippen molar-refractivity contribution in [3.05, 3.63) is 59.7 Å². The highest BCUT2D eigenvalue weighted by molar-refractivity contribution is 8.16. The first kappa shape index (κ1) is 17.9. The van der Waals surface area contributed by atoms with Crippen molar-refractivity contribution in [3.8, 4) is 0 Å². The second kappa shape index (κ2) is 8.45. The van der Waals surface area contributed by atoms with Crippen molar-refractivity contribution >= 4 is 46.7 Å². The molecule has 0 saturated carbocycles. The van der Waals surface area contributed by atoms with Gasteiger partial charge in [-0.2, -0.15) is 0 Å². The zero-order valence-corrected chi connectivity index (χ0v) is 15.6. The highest BCUT2D eigenvalue weighted by Crippen LogP contribution is 2.44. The summed E-state index contributed by atoms with van der Waals surface area (Å²) in [6, 6.07) is 14.9. The molecule has 1 aliphatic rings. The van der Waals surface area contributed by atoms with Crippen molar-refractivity contribution in [1.29, 1.82) is 0 Å². The maximum absolute atomic E-state index is 12.4. The fourth-order valence-electron chi connectivity index (χ4n) is 2.55. The topological polar surface area (TPSA) is 58.2 Å². The standard InChI is InChI=1S/C19H20N2O2S2/c1-13(22)20-16-8-6-14(7-9-16)18(23)21-17-5-2-4-15(12-17)19-24-10-3-11-25-19/h2,4-9,12,19H,3,10-11H2,1H3,(H,20,22)(H,21,23). The average Bonchev–Trinajstić information content (AvgIpc) is 2.63. The van der Waals surface area contributed by atoms with Crippen molar-refractivity contribution in [2.24, 2.45) is 0 Å². The molecular weight excluding hydrogens is 352 g/mol. The molecule has 1 fully saturated rings. The van der Waals surface area contributed by atoms with Crippen LogP contribution in [0, 0.1) is 0 Å². The number of amides is 2. The van der Waals surface area contributed by atoms with E-state index in [0.717, 1.165) is 5.69 Å². The molecule has 1 aliphatic heterocycles. The molecule has 2 N–H and O–H groups in total. The summed E-state index contributed by atoms with van der Waals surface area (Å²) in [5.74, 6) is 2.09. The minimum absolute atomic E-state index is 0.132. The van der Waals surface area contributed by atoms with Crippen molar-refractivity contribution in [2.45, 2.75) is 17.9 Å². The Hall–Kier alpha value is -1.92. The minimum atomic E-state index is -0.157. The number of hydrogen-bond donors (Lipinski definition) is 2. The van der Waals surface area contributed by atoms with Crippen molar-refractivity contribution in [2.75, 3.05) is 22.1 Å². The molecule has 0 spiro atoms. The van der Waals surface area contributed by atoms with Gasteiger partial charge in [-0.1, -0.05) is 12.1 Å². The van der Waals surface area contributed by atoms with Gasteiger partial charge < -0.3 is 10.6 Å². The second-order valence-electron chi connectivity index (χ2n) is 5.77. The van der Waals surface area contributed by atoms with Gasteiger partial charge in [-0.15, -0.1) is 23.5 Å². The van der Waals surface area contributed by atoms with Gasteiger partial charge in [-0.3, -0.25) is 9.59 Å². The molecule has 0 unspecified atom stereocenters. The van der Waals surface area contributed by atoms with Gasteiger partial charge in [0.15, 0.2) is 0 Å². The number of nitrogens with one attached hydrogen (secondary N) is 2. The van der Waals surface area contributed by atoms with E-state index in [1.807, 2.05) is 35.7 Å². The van der Waals surface area contributed by atoms with Crippen LogP contribution in [0.15, 0.2) is 48.5 Å². The zero-order chi connectivity index (χ0) is 17.6.